The standard InChI is InChI=1S/C14H12N2O2.CH3.ClH.Ru/c15-11-5-9-10(6-12(11)16)14(18)8-4-2-1-3-7(8)13(9)17;;;/h1-6,13-18H;1H3;1H;/q-2;-1;;+4/p-1. The molecule has 21 heavy (non-hydrogen) atoms. The van der Waals surface area contributed by atoms with Gasteiger partial charge in [0.25, 0.3) is 0 Å². The first-order valence-electron chi connectivity index (χ1n) is 5.79. The van der Waals surface area contributed by atoms with Crippen LogP contribution in [0.5, 0.6) is 0 Å². The minimum atomic E-state index is -0.843. The van der Waals surface area contributed by atoms with Crippen molar-refractivity contribution in [2.24, 2.45) is 0 Å². The Hall–Kier alpha value is -1.13. The minimum absolute atomic E-state index is 0. The molecule has 112 valence electrons. The van der Waals surface area contributed by atoms with Crippen LogP contribution >= 0.6 is 9.69 Å². The fraction of sp³-hybridized carbons (Fsp3) is 0.133. The largest absolute Gasteiger partial charge is 0.700 e. The molecular formula is C15H15ClN2O2Ru. The van der Waals surface area contributed by atoms with Crippen molar-refractivity contribution >= 4 is 21.1 Å². The Morgan fingerprint density at radius 1 is 0.810 bits per heavy atom. The van der Waals surface area contributed by atoms with Crippen molar-refractivity contribution in [1.29, 1.82) is 0 Å². The summed E-state index contributed by atoms with van der Waals surface area (Å²) in [6, 6.07) is 10.1. The van der Waals surface area contributed by atoms with Gasteiger partial charge in [-0.3, -0.25) is 0 Å². The van der Waals surface area contributed by atoms with Crippen molar-refractivity contribution in [1.82, 2.24) is 0 Å². The van der Waals surface area contributed by atoms with Crippen LogP contribution in [0, 0.1) is 7.43 Å². The van der Waals surface area contributed by atoms with E-state index >= 15 is 0 Å². The Bertz CT molecular complexity index is 583. The molecule has 4 nitrogen and oxygen atoms in total. The Kier molecular flexibility index (Phi) is 6.17. The summed E-state index contributed by atoms with van der Waals surface area (Å²) in [6.45, 7) is 0. The monoisotopic (exact) mass is 392 g/mol. The van der Waals surface area contributed by atoms with Gasteiger partial charge >= 0.3 is 27.0 Å². The van der Waals surface area contributed by atoms with Gasteiger partial charge in [0.05, 0.1) is 0 Å². The van der Waals surface area contributed by atoms with E-state index in [1.165, 1.54) is 12.1 Å². The summed E-state index contributed by atoms with van der Waals surface area (Å²) in [5.41, 5.74) is 17.7. The van der Waals surface area contributed by atoms with Crippen LogP contribution in [0.15, 0.2) is 36.4 Å². The zero-order chi connectivity index (χ0) is 14.9. The van der Waals surface area contributed by atoms with Gasteiger partial charge in [-0.2, -0.15) is 11.4 Å². The van der Waals surface area contributed by atoms with Crippen molar-refractivity contribution in [3.05, 3.63) is 77.5 Å². The molecule has 0 spiro atoms. The molecule has 0 bridgehead atoms. The Morgan fingerprint density at radius 3 is 1.48 bits per heavy atom. The van der Waals surface area contributed by atoms with Crippen molar-refractivity contribution in [2.45, 2.75) is 12.2 Å². The molecule has 6 heteroatoms. The maximum atomic E-state index is 10.3. The van der Waals surface area contributed by atoms with Gasteiger partial charge in [0.2, 0.25) is 0 Å². The Balaban J connectivity index is 0.000000706. The molecule has 1 aliphatic carbocycles. The molecule has 2 aromatic rings. The summed E-state index contributed by atoms with van der Waals surface area (Å²) in [5.74, 6) is 0. The molecule has 0 heterocycles. The summed E-state index contributed by atoms with van der Waals surface area (Å²) in [6.07, 6.45) is -1.69. The van der Waals surface area contributed by atoms with E-state index in [0.29, 0.717) is 22.3 Å². The van der Waals surface area contributed by atoms with E-state index in [1.54, 1.807) is 24.3 Å². The van der Waals surface area contributed by atoms with Crippen molar-refractivity contribution in [3.8, 4) is 0 Å². The fourth-order valence-corrected chi connectivity index (χ4v) is 2.45. The van der Waals surface area contributed by atoms with E-state index in [2.05, 4.69) is 9.69 Å². The Morgan fingerprint density at radius 2 is 1.14 bits per heavy atom. The van der Waals surface area contributed by atoms with Gasteiger partial charge in [-0.05, 0) is 22.3 Å². The van der Waals surface area contributed by atoms with Gasteiger partial charge in [-0.15, -0.1) is 0 Å². The van der Waals surface area contributed by atoms with E-state index in [0.717, 1.165) is 0 Å². The number of halogens is 1. The third-order valence-corrected chi connectivity index (χ3v) is 3.40. The summed E-state index contributed by atoms with van der Waals surface area (Å²) >= 11 is 1.82. The first-order chi connectivity index (χ1) is 9.59. The van der Waals surface area contributed by atoms with Gasteiger partial charge in [-0.1, -0.05) is 36.4 Å². The summed E-state index contributed by atoms with van der Waals surface area (Å²) < 4.78 is 0. The molecule has 0 aromatic heterocycles. The van der Waals surface area contributed by atoms with Crippen LogP contribution in [0.4, 0.5) is 11.4 Å². The molecule has 0 fully saturated rings. The van der Waals surface area contributed by atoms with Crippen LogP contribution in [0.1, 0.15) is 34.5 Å². The zero-order valence-corrected chi connectivity index (χ0v) is 13.7. The predicted molar refractivity (Wildman–Crippen MR) is 81.2 cm³/mol. The van der Waals surface area contributed by atoms with Gasteiger partial charge in [0.15, 0.2) is 0 Å². The van der Waals surface area contributed by atoms with Gasteiger partial charge in [0.1, 0.15) is 12.2 Å². The number of fused-ring (bicyclic) bond motifs is 2. The second-order valence-corrected chi connectivity index (χ2v) is 4.46. The number of aliphatic hydroxyl groups is 2. The van der Waals surface area contributed by atoms with Gasteiger partial charge < -0.3 is 29.1 Å². The molecule has 0 saturated heterocycles. The number of hydrogen-bond donors (Lipinski definition) is 2. The molecule has 0 radical (unpaired) electrons. The maximum absolute atomic E-state index is 10.3. The number of rotatable bonds is 0. The van der Waals surface area contributed by atoms with Crippen molar-refractivity contribution in [3.63, 3.8) is 0 Å². The topological polar surface area (TPSA) is 88.1 Å². The SMILES string of the molecule is [CH3-].[Cl][Ru+3].[NH-]c1cc2c(cc1[NH-])C(O)c1ccccc1C2O. The van der Waals surface area contributed by atoms with Crippen LogP contribution < -0.4 is 0 Å². The molecule has 0 amide bonds. The second-order valence-electron chi connectivity index (χ2n) is 4.46. The second kappa shape index (κ2) is 7.23. The fourth-order valence-electron chi connectivity index (χ4n) is 2.45. The number of hydrogen-bond acceptors (Lipinski definition) is 2. The molecule has 2 atom stereocenters. The molecule has 0 aliphatic heterocycles. The van der Waals surface area contributed by atoms with Crippen molar-refractivity contribution in [2.75, 3.05) is 0 Å². The van der Waals surface area contributed by atoms with Gasteiger partial charge in [0, 0.05) is 0 Å². The average Bonchev–Trinajstić information content (AvgIpc) is 2.49. The summed E-state index contributed by atoms with van der Waals surface area (Å²) in [4.78, 5) is 0. The molecule has 2 aromatic carbocycles. The number of benzene rings is 2. The number of aliphatic hydroxyl groups excluding tert-OH is 2. The normalized spacial score (nSPS) is 18.4. The van der Waals surface area contributed by atoms with Gasteiger partial charge in [-0.25, -0.2) is 0 Å². The molecule has 3 rings (SSSR count). The van der Waals surface area contributed by atoms with E-state index in [4.69, 9.17) is 11.5 Å². The van der Waals surface area contributed by atoms with E-state index < -0.39 is 12.2 Å². The van der Waals surface area contributed by atoms with Crippen LogP contribution in [0.2, 0.25) is 0 Å². The molecule has 0 saturated carbocycles. The minimum Gasteiger partial charge on any atom is -0.700 e. The smallest absolute Gasteiger partial charge is 0.105 e. The summed E-state index contributed by atoms with van der Waals surface area (Å²) in [7, 11) is 4.57. The van der Waals surface area contributed by atoms with E-state index in [9.17, 15) is 10.2 Å². The third kappa shape index (κ3) is 3.06. The first kappa shape index (κ1) is 17.9. The summed E-state index contributed by atoms with van der Waals surface area (Å²) in [5, 5.41) is 20.6. The van der Waals surface area contributed by atoms with Crippen molar-refractivity contribution < 1.29 is 27.5 Å². The van der Waals surface area contributed by atoms with Crippen LogP contribution in [-0.4, -0.2) is 10.2 Å². The number of nitrogens with one attached hydrogen (secondary N) is 2. The average molecular weight is 392 g/mol. The molecular weight excluding hydrogens is 377 g/mol. The zero-order valence-electron chi connectivity index (χ0n) is 11.2. The molecule has 1 aliphatic rings. The van der Waals surface area contributed by atoms with E-state index in [-0.39, 0.29) is 18.8 Å². The van der Waals surface area contributed by atoms with Crippen LogP contribution in [0.25, 0.3) is 11.5 Å². The quantitative estimate of drug-likeness (QED) is 0.505. The first-order valence-corrected chi connectivity index (χ1v) is 8.02. The van der Waals surface area contributed by atoms with Crippen LogP contribution in [0.3, 0.4) is 0 Å². The maximum Gasteiger partial charge on any atom is 0.105 e. The predicted octanol–water partition coefficient (Wildman–Crippen LogP) is 4.67. The molecule has 4 N–H and O–H groups in total. The van der Waals surface area contributed by atoms with Crippen LogP contribution in [-0.2, 0) is 17.3 Å². The van der Waals surface area contributed by atoms with E-state index in [1.807, 2.05) is 17.3 Å². The third-order valence-electron chi connectivity index (χ3n) is 3.40. The Labute approximate surface area is 138 Å². The molecule has 2 unspecified atom stereocenters.